The van der Waals surface area contributed by atoms with E-state index in [4.69, 9.17) is 11.6 Å². The van der Waals surface area contributed by atoms with Gasteiger partial charge in [0.05, 0.1) is 0 Å². The molecule has 1 heterocycles. The molecule has 0 aliphatic heterocycles. The molecule has 2 N–H and O–H groups in total. The van der Waals surface area contributed by atoms with E-state index in [1.165, 1.54) is 12.2 Å². The summed E-state index contributed by atoms with van der Waals surface area (Å²) in [6.45, 7) is 2.15. The third-order valence-electron chi connectivity index (χ3n) is 3.45. The molecule has 0 unspecified atom stereocenters. The van der Waals surface area contributed by atoms with Crippen LogP contribution in [-0.2, 0) is 6.54 Å². The number of nitrogens with zero attached hydrogens (tertiary/aromatic N) is 1. The summed E-state index contributed by atoms with van der Waals surface area (Å²) in [5.74, 6) is -1.29. The zero-order chi connectivity index (χ0) is 17.7. The standard InChI is InChI=1S/C17H17ClN2O4/c1-2-3-10-20-16(23)14(15(22)19-17(20)24)13(21)9-6-11-4-7-12(18)8-5-11/h4-9,23H,2-3,10H2,1H3,(H,19,22,24)/b9-6+. The highest BCUT2D eigenvalue weighted by Crippen LogP contribution is 2.14. The number of H-pyrrole nitrogens is 1. The van der Waals surface area contributed by atoms with Crippen molar-refractivity contribution in [3.05, 3.63) is 67.3 Å². The number of ketones is 1. The lowest BCUT2D eigenvalue weighted by Gasteiger charge is -2.09. The summed E-state index contributed by atoms with van der Waals surface area (Å²) in [5.41, 5.74) is -1.38. The predicted octanol–water partition coefficient (Wildman–Crippen LogP) is 2.59. The van der Waals surface area contributed by atoms with Gasteiger partial charge in [0, 0.05) is 11.6 Å². The smallest absolute Gasteiger partial charge is 0.331 e. The van der Waals surface area contributed by atoms with Crippen molar-refractivity contribution in [1.29, 1.82) is 0 Å². The average Bonchev–Trinajstić information content (AvgIpc) is 2.54. The van der Waals surface area contributed by atoms with Gasteiger partial charge >= 0.3 is 5.69 Å². The average molecular weight is 349 g/mol. The van der Waals surface area contributed by atoms with Crippen molar-refractivity contribution >= 4 is 23.5 Å². The van der Waals surface area contributed by atoms with Crippen LogP contribution in [-0.4, -0.2) is 20.4 Å². The fourth-order valence-electron chi connectivity index (χ4n) is 2.13. The van der Waals surface area contributed by atoms with Crippen LogP contribution >= 0.6 is 11.6 Å². The van der Waals surface area contributed by atoms with Gasteiger partial charge in [0.25, 0.3) is 5.56 Å². The van der Waals surface area contributed by atoms with E-state index < -0.39 is 28.5 Å². The summed E-state index contributed by atoms with van der Waals surface area (Å²) in [5, 5.41) is 10.7. The first-order chi connectivity index (χ1) is 11.4. The van der Waals surface area contributed by atoms with Crippen molar-refractivity contribution in [2.45, 2.75) is 26.3 Å². The van der Waals surface area contributed by atoms with Crippen LogP contribution in [0.15, 0.2) is 39.9 Å². The fourth-order valence-corrected chi connectivity index (χ4v) is 2.26. The molecule has 0 atom stereocenters. The number of benzene rings is 1. The molecule has 126 valence electrons. The number of halogens is 1. The van der Waals surface area contributed by atoms with Crippen LogP contribution in [0.5, 0.6) is 5.88 Å². The van der Waals surface area contributed by atoms with Gasteiger partial charge in [0.1, 0.15) is 5.56 Å². The van der Waals surface area contributed by atoms with E-state index in [-0.39, 0.29) is 6.54 Å². The third-order valence-corrected chi connectivity index (χ3v) is 3.70. The van der Waals surface area contributed by atoms with Gasteiger partial charge in [-0.15, -0.1) is 0 Å². The maximum Gasteiger partial charge on any atom is 0.331 e. The van der Waals surface area contributed by atoms with Crippen molar-refractivity contribution in [1.82, 2.24) is 9.55 Å². The Morgan fingerprint density at radius 2 is 1.96 bits per heavy atom. The molecule has 24 heavy (non-hydrogen) atoms. The van der Waals surface area contributed by atoms with Gasteiger partial charge in [-0.3, -0.25) is 19.1 Å². The van der Waals surface area contributed by atoms with E-state index in [1.54, 1.807) is 24.3 Å². The summed E-state index contributed by atoms with van der Waals surface area (Å²) in [7, 11) is 0. The summed E-state index contributed by atoms with van der Waals surface area (Å²) in [6, 6.07) is 6.75. The van der Waals surface area contributed by atoms with Crippen molar-refractivity contribution in [2.24, 2.45) is 0 Å². The maximum absolute atomic E-state index is 12.3. The Morgan fingerprint density at radius 1 is 1.29 bits per heavy atom. The van der Waals surface area contributed by atoms with Gasteiger partial charge in [0.15, 0.2) is 5.78 Å². The SMILES string of the molecule is CCCCn1c(O)c(C(=O)/C=C/c2ccc(Cl)cc2)c(=O)[nH]c1=O. The Hall–Kier alpha value is -2.60. The van der Waals surface area contributed by atoms with E-state index in [2.05, 4.69) is 4.98 Å². The minimum atomic E-state index is -0.906. The lowest BCUT2D eigenvalue weighted by Crippen LogP contribution is -2.33. The quantitative estimate of drug-likeness (QED) is 0.620. The van der Waals surface area contributed by atoms with Gasteiger partial charge in [0.2, 0.25) is 5.88 Å². The van der Waals surface area contributed by atoms with E-state index >= 15 is 0 Å². The van der Waals surface area contributed by atoms with Crippen LogP contribution in [0.3, 0.4) is 0 Å². The molecule has 0 saturated heterocycles. The number of nitrogens with one attached hydrogen (secondary N) is 1. The van der Waals surface area contributed by atoms with Crippen LogP contribution in [0.4, 0.5) is 0 Å². The first-order valence-electron chi connectivity index (χ1n) is 7.48. The topological polar surface area (TPSA) is 92.2 Å². The first-order valence-corrected chi connectivity index (χ1v) is 7.86. The Morgan fingerprint density at radius 3 is 2.58 bits per heavy atom. The van der Waals surface area contributed by atoms with Crippen LogP contribution in [0, 0.1) is 0 Å². The van der Waals surface area contributed by atoms with Crippen LogP contribution in [0.2, 0.25) is 5.02 Å². The summed E-state index contributed by atoms with van der Waals surface area (Å²) in [4.78, 5) is 38.0. The highest BCUT2D eigenvalue weighted by molar-refractivity contribution is 6.30. The number of hydrogen-bond acceptors (Lipinski definition) is 4. The highest BCUT2D eigenvalue weighted by Gasteiger charge is 2.18. The van der Waals surface area contributed by atoms with E-state index in [0.29, 0.717) is 17.0 Å². The minimum Gasteiger partial charge on any atom is -0.494 e. The fraction of sp³-hybridized carbons (Fsp3) is 0.235. The van der Waals surface area contributed by atoms with E-state index in [0.717, 1.165) is 11.0 Å². The predicted molar refractivity (Wildman–Crippen MR) is 92.7 cm³/mol. The molecule has 1 aromatic carbocycles. The molecule has 0 bridgehead atoms. The van der Waals surface area contributed by atoms with Crippen LogP contribution in [0.25, 0.3) is 6.08 Å². The normalized spacial score (nSPS) is 11.1. The number of carbonyl (C=O) groups excluding carboxylic acids is 1. The molecule has 1 aromatic heterocycles. The van der Waals surface area contributed by atoms with Gasteiger partial charge in [-0.2, -0.15) is 0 Å². The molecule has 2 aromatic rings. The monoisotopic (exact) mass is 348 g/mol. The second-order valence-corrected chi connectivity index (χ2v) is 5.65. The zero-order valence-electron chi connectivity index (χ0n) is 13.1. The van der Waals surface area contributed by atoms with Crippen molar-refractivity contribution in [2.75, 3.05) is 0 Å². The number of allylic oxidation sites excluding steroid dienone is 1. The maximum atomic E-state index is 12.3. The Labute approximate surface area is 143 Å². The molecule has 0 aliphatic carbocycles. The second-order valence-electron chi connectivity index (χ2n) is 5.21. The first kappa shape index (κ1) is 17.7. The second kappa shape index (κ2) is 7.79. The van der Waals surface area contributed by atoms with Crippen molar-refractivity contribution in [3.63, 3.8) is 0 Å². The third kappa shape index (κ3) is 4.02. The van der Waals surface area contributed by atoms with E-state index in [1.807, 2.05) is 6.92 Å². The van der Waals surface area contributed by atoms with Gasteiger partial charge in [-0.25, -0.2) is 4.79 Å². The van der Waals surface area contributed by atoms with Crippen molar-refractivity contribution in [3.8, 4) is 5.88 Å². The number of aromatic amines is 1. The number of carbonyl (C=O) groups is 1. The largest absolute Gasteiger partial charge is 0.494 e. The molecule has 2 rings (SSSR count). The summed E-state index contributed by atoms with van der Waals surface area (Å²) < 4.78 is 0.994. The van der Waals surface area contributed by atoms with Crippen LogP contribution in [0.1, 0.15) is 35.7 Å². The number of aromatic hydroxyl groups is 1. The van der Waals surface area contributed by atoms with Gasteiger partial charge in [-0.05, 0) is 30.2 Å². The molecule has 0 saturated carbocycles. The van der Waals surface area contributed by atoms with E-state index in [9.17, 15) is 19.5 Å². The molecular formula is C17H17ClN2O4. The molecule has 0 radical (unpaired) electrons. The van der Waals surface area contributed by atoms with Crippen LogP contribution < -0.4 is 11.2 Å². The van der Waals surface area contributed by atoms with Gasteiger partial charge in [-0.1, -0.05) is 43.2 Å². The Bertz CT molecular complexity index is 879. The molecule has 0 amide bonds. The Balaban J connectivity index is 2.36. The number of rotatable bonds is 6. The van der Waals surface area contributed by atoms with Gasteiger partial charge < -0.3 is 5.11 Å². The minimum absolute atomic E-state index is 0.221. The Kier molecular flexibility index (Phi) is 5.76. The number of aromatic nitrogens is 2. The summed E-state index contributed by atoms with van der Waals surface area (Å²) in [6.07, 6.45) is 4.10. The molecule has 0 fully saturated rings. The molecule has 0 aliphatic rings. The molecular weight excluding hydrogens is 332 g/mol. The molecule has 7 heteroatoms. The zero-order valence-corrected chi connectivity index (χ0v) is 13.8. The molecule has 6 nitrogen and oxygen atoms in total. The lowest BCUT2D eigenvalue weighted by atomic mass is 10.1. The lowest BCUT2D eigenvalue weighted by molar-refractivity contribution is 0.104. The highest BCUT2D eigenvalue weighted by atomic mass is 35.5. The van der Waals surface area contributed by atoms with Crippen molar-refractivity contribution < 1.29 is 9.90 Å². The number of unbranched alkanes of at least 4 members (excludes halogenated alkanes) is 1. The number of hydrogen-bond donors (Lipinski definition) is 2. The summed E-state index contributed by atoms with van der Waals surface area (Å²) >= 11 is 5.78. The molecule has 0 spiro atoms.